The molecule has 0 radical (unpaired) electrons. The monoisotopic (exact) mass is 224 g/mol. The maximum absolute atomic E-state index is 12.5. The van der Waals surface area contributed by atoms with Crippen LogP contribution < -0.4 is 11.1 Å². The van der Waals surface area contributed by atoms with Crippen LogP contribution in [0.1, 0.15) is 39.0 Å². The highest BCUT2D eigenvalue weighted by Gasteiger charge is 2.62. The van der Waals surface area contributed by atoms with Crippen LogP contribution in [-0.2, 0) is 0 Å². The molecule has 0 bridgehead atoms. The number of hydrogen-bond donors (Lipinski definition) is 2. The zero-order chi connectivity index (χ0) is 11.5. The molecule has 1 fully saturated rings. The molecular formula is C10H19F3N2. The lowest BCUT2D eigenvalue weighted by atomic mass is 10.1. The zero-order valence-electron chi connectivity index (χ0n) is 9.03. The van der Waals surface area contributed by atoms with Crippen molar-refractivity contribution in [1.29, 1.82) is 0 Å². The Morgan fingerprint density at radius 2 is 1.93 bits per heavy atom. The summed E-state index contributed by atoms with van der Waals surface area (Å²) in [5.74, 6) is 0. The molecule has 1 atom stereocenters. The van der Waals surface area contributed by atoms with Crippen molar-refractivity contribution in [2.45, 2.75) is 56.8 Å². The minimum Gasteiger partial charge on any atom is -0.328 e. The number of nitrogens with one attached hydrogen (secondary N) is 1. The quantitative estimate of drug-likeness (QED) is 0.725. The Morgan fingerprint density at radius 3 is 2.33 bits per heavy atom. The third kappa shape index (κ3) is 3.34. The molecule has 0 heterocycles. The minimum atomic E-state index is -4.11. The molecule has 1 unspecified atom stereocenters. The standard InChI is InChI=1S/C10H19F3N2/c1-2-3-8(14)4-7-15-9(5-6-9)10(11,12)13/h8,15H,2-7,14H2,1H3. The molecule has 1 rings (SSSR count). The average Bonchev–Trinajstić information content (AvgIpc) is 2.84. The van der Waals surface area contributed by atoms with Gasteiger partial charge in [-0.15, -0.1) is 0 Å². The van der Waals surface area contributed by atoms with Crippen LogP contribution in [0.5, 0.6) is 0 Å². The summed E-state index contributed by atoms with van der Waals surface area (Å²) >= 11 is 0. The van der Waals surface area contributed by atoms with E-state index in [1.54, 1.807) is 0 Å². The van der Waals surface area contributed by atoms with E-state index < -0.39 is 11.7 Å². The van der Waals surface area contributed by atoms with Crippen molar-refractivity contribution in [3.05, 3.63) is 0 Å². The van der Waals surface area contributed by atoms with Gasteiger partial charge in [0.2, 0.25) is 0 Å². The summed E-state index contributed by atoms with van der Waals surface area (Å²) in [5.41, 5.74) is 4.14. The molecule has 1 aliphatic rings. The van der Waals surface area contributed by atoms with E-state index in [2.05, 4.69) is 5.32 Å². The van der Waals surface area contributed by atoms with Crippen molar-refractivity contribution in [3.63, 3.8) is 0 Å². The largest absolute Gasteiger partial charge is 0.406 e. The average molecular weight is 224 g/mol. The molecule has 5 heteroatoms. The first-order chi connectivity index (χ1) is 6.91. The lowest BCUT2D eigenvalue weighted by Crippen LogP contribution is -2.46. The third-order valence-corrected chi connectivity index (χ3v) is 2.93. The fraction of sp³-hybridized carbons (Fsp3) is 1.00. The van der Waals surface area contributed by atoms with Crippen LogP contribution in [0.3, 0.4) is 0 Å². The summed E-state index contributed by atoms with van der Waals surface area (Å²) in [4.78, 5) is 0. The van der Waals surface area contributed by atoms with Crippen molar-refractivity contribution in [2.75, 3.05) is 6.54 Å². The van der Waals surface area contributed by atoms with Gasteiger partial charge >= 0.3 is 6.18 Å². The van der Waals surface area contributed by atoms with Crippen molar-refractivity contribution < 1.29 is 13.2 Å². The van der Waals surface area contributed by atoms with Crippen molar-refractivity contribution in [3.8, 4) is 0 Å². The normalized spacial score (nSPS) is 21.4. The second-order valence-corrected chi connectivity index (χ2v) is 4.34. The molecule has 90 valence electrons. The van der Waals surface area contributed by atoms with E-state index in [1.165, 1.54) is 0 Å². The molecule has 0 aromatic carbocycles. The van der Waals surface area contributed by atoms with Crippen LogP contribution in [0.15, 0.2) is 0 Å². The predicted octanol–water partition coefficient (Wildman–Crippen LogP) is 2.19. The second-order valence-electron chi connectivity index (χ2n) is 4.34. The summed E-state index contributed by atoms with van der Waals surface area (Å²) in [6.45, 7) is 2.38. The zero-order valence-corrected chi connectivity index (χ0v) is 9.03. The lowest BCUT2D eigenvalue weighted by molar-refractivity contribution is -0.165. The van der Waals surface area contributed by atoms with Gasteiger partial charge < -0.3 is 11.1 Å². The molecule has 0 aromatic heterocycles. The Labute approximate surface area is 88.4 Å². The van der Waals surface area contributed by atoms with Crippen LogP contribution in [0.4, 0.5) is 13.2 Å². The number of nitrogens with two attached hydrogens (primary N) is 1. The topological polar surface area (TPSA) is 38.0 Å². The molecular weight excluding hydrogens is 205 g/mol. The lowest BCUT2D eigenvalue weighted by Gasteiger charge is -2.21. The second kappa shape index (κ2) is 4.70. The summed E-state index contributed by atoms with van der Waals surface area (Å²) in [6.07, 6.45) is -1.22. The number of halogens is 3. The van der Waals surface area contributed by atoms with E-state index in [4.69, 9.17) is 5.73 Å². The smallest absolute Gasteiger partial charge is 0.328 e. The Kier molecular flexibility index (Phi) is 4.00. The van der Waals surface area contributed by atoms with Gasteiger partial charge in [-0.25, -0.2) is 0 Å². The molecule has 1 aliphatic carbocycles. The molecule has 15 heavy (non-hydrogen) atoms. The van der Waals surface area contributed by atoms with Crippen LogP contribution in [-0.4, -0.2) is 24.3 Å². The van der Waals surface area contributed by atoms with Crippen LogP contribution in [0.25, 0.3) is 0 Å². The number of alkyl halides is 3. The van der Waals surface area contributed by atoms with Crippen molar-refractivity contribution in [2.24, 2.45) is 5.73 Å². The van der Waals surface area contributed by atoms with Gasteiger partial charge in [-0.3, -0.25) is 0 Å². The molecule has 3 N–H and O–H groups in total. The van der Waals surface area contributed by atoms with Gasteiger partial charge in [-0.1, -0.05) is 13.3 Å². The van der Waals surface area contributed by atoms with Gasteiger partial charge in [0.15, 0.2) is 0 Å². The fourth-order valence-corrected chi connectivity index (χ4v) is 1.70. The van der Waals surface area contributed by atoms with Gasteiger partial charge in [-0.2, -0.15) is 13.2 Å². The van der Waals surface area contributed by atoms with E-state index in [-0.39, 0.29) is 18.9 Å². The first kappa shape index (κ1) is 12.8. The van der Waals surface area contributed by atoms with E-state index in [0.29, 0.717) is 13.0 Å². The first-order valence-corrected chi connectivity index (χ1v) is 5.48. The summed E-state index contributed by atoms with van der Waals surface area (Å²) < 4.78 is 37.4. The molecule has 1 saturated carbocycles. The third-order valence-electron chi connectivity index (χ3n) is 2.93. The van der Waals surface area contributed by atoms with Gasteiger partial charge in [0.25, 0.3) is 0 Å². The van der Waals surface area contributed by atoms with Crippen LogP contribution in [0, 0.1) is 0 Å². The van der Waals surface area contributed by atoms with Crippen LogP contribution >= 0.6 is 0 Å². The molecule has 2 nitrogen and oxygen atoms in total. The molecule has 0 aliphatic heterocycles. The molecule has 0 aromatic rings. The summed E-state index contributed by atoms with van der Waals surface area (Å²) in [7, 11) is 0. The van der Waals surface area contributed by atoms with Gasteiger partial charge in [0.05, 0.1) is 0 Å². The van der Waals surface area contributed by atoms with E-state index in [0.717, 1.165) is 12.8 Å². The SMILES string of the molecule is CCCC(N)CCNC1(C(F)(F)F)CC1. The predicted molar refractivity (Wildman–Crippen MR) is 53.5 cm³/mol. The summed E-state index contributed by atoms with van der Waals surface area (Å²) in [5, 5.41) is 2.59. The Morgan fingerprint density at radius 1 is 1.33 bits per heavy atom. The first-order valence-electron chi connectivity index (χ1n) is 5.48. The highest BCUT2D eigenvalue weighted by atomic mass is 19.4. The van der Waals surface area contributed by atoms with Crippen molar-refractivity contribution in [1.82, 2.24) is 5.32 Å². The van der Waals surface area contributed by atoms with Crippen LogP contribution in [0.2, 0.25) is 0 Å². The molecule has 0 saturated heterocycles. The number of hydrogen-bond acceptors (Lipinski definition) is 2. The van der Waals surface area contributed by atoms with Gasteiger partial charge in [-0.05, 0) is 32.2 Å². The Hall–Kier alpha value is -0.290. The van der Waals surface area contributed by atoms with Gasteiger partial charge in [0.1, 0.15) is 5.54 Å². The Bertz CT molecular complexity index is 199. The maximum atomic E-state index is 12.5. The molecule has 0 amide bonds. The summed E-state index contributed by atoms with van der Waals surface area (Å²) in [6, 6.07) is 0.0199. The van der Waals surface area contributed by atoms with Crippen molar-refractivity contribution >= 4 is 0 Å². The highest BCUT2D eigenvalue weighted by Crippen LogP contribution is 2.48. The van der Waals surface area contributed by atoms with E-state index in [9.17, 15) is 13.2 Å². The van der Waals surface area contributed by atoms with Gasteiger partial charge in [0, 0.05) is 6.04 Å². The van der Waals surface area contributed by atoms with E-state index >= 15 is 0 Å². The fourth-order valence-electron chi connectivity index (χ4n) is 1.70. The minimum absolute atomic E-state index is 0.0199. The van der Waals surface area contributed by atoms with E-state index in [1.807, 2.05) is 6.92 Å². The Balaban J connectivity index is 2.21. The molecule has 0 spiro atoms. The maximum Gasteiger partial charge on any atom is 0.406 e. The highest BCUT2D eigenvalue weighted by molar-refractivity contribution is 5.07. The number of rotatable bonds is 6.